The highest BCUT2D eigenvalue weighted by atomic mass is 16.6. The van der Waals surface area contributed by atoms with E-state index in [1.165, 1.54) is 128 Å². The van der Waals surface area contributed by atoms with Gasteiger partial charge in [-0.15, -0.1) is 0 Å². The lowest BCUT2D eigenvalue weighted by molar-refractivity contribution is -0.161. The second kappa shape index (κ2) is 43.3. The summed E-state index contributed by atoms with van der Waals surface area (Å²) in [6, 6.07) is 0. The van der Waals surface area contributed by atoms with Gasteiger partial charge < -0.3 is 14.6 Å². The van der Waals surface area contributed by atoms with Gasteiger partial charge in [0.15, 0.2) is 6.10 Å². The molecule has 0 fully saturated rings. The molecule has 52 heavy (non-hydrogen) atoms. The van der Waals surface area contributed by atoms with Crippen molar-refractivity contribution in [1.29, 1.82) is 0 Å². The summed E-state index contributed by atoms with van der Waals surface area (Å²) in [5.74, 6) is -0.620. The fourth-order valence-corrected chi connectivity index (χ4v) is 6.24. The summed E-state index contributed by atoms with van der Waals surface area (Å²) in [7, 11) is 0. The van der Waals surface area contributed by atoms with E-state index in [1.54, 1.807) is 0 Å². The quantitative estimate of drug-likeness (QED) is 0.0386. The number of unbranched alkanes of at least 4 members (excludes halogenated alkanes) is 24. The Labute approximate surface area is 322 Å². The number of hydrogen-bond acceptors (Lipinski definition) is 5. The van der Waals surface area contributed by atoms with E-state index in [4.69, 9.17) is 9.47 Å². The zero-order chi connectivity index (χ0) is 37.8. The molecule has 0 saturated carbocycles. The van der Waals surface area contributed by atoms with Crippen LogP contribution in [0.4, 0.5) is 0 Å². The van der Waals surface area contributed by atoms with E-state index in [-0.39, 0.29) is 25.2 Å². The van der Waals surface area contributed by atoms with Crippen LogP contribution in [0.3, 0.4) is 0 Å². The molecule has 0 heterocycles. The normalized spacial score (nSPS) is 12.6. The van der Waals surface area contributed by atoms with Gasteiger partial charge in [-0.3, -0.25) is 9.59 Å². The van der Waals surface area contributed by atoms with Gasteiger partial charge in [-0.2, -0.15) is 0 Å². The molecule has 1 N–H and O–H groups in total. The first-order chi connectivity index (χ1) is 25.6. The molecular weight excluding hydrogens is 645 g/mol. The maximum Gasteiger partial charge on any atom is 0.306 e. The van der Waals surface area contributed by atoms with Crippen molar-refractivity contribution in [2.45, 2.75) is 225 Å². The van der Waals surface area contributed by atoms with E-state index in [0.29, 0.717) is 12.8 Å². The molecule has 1 atom stereocenters. The summed E-state index contributed by atoms with van der Waals surface area (Å²) < 4.78 is 10.6. The third kappa shape index (κ3) is 40.6. The maximum atomic E-state index is 12.2. The van der Waals surface area contributed by atoms with Crippen LogP contribution in [0.5, 0.6) is 0 Å². The Hall–Kier alpha value is -2.14. The van der Waals surface area contributed by atoms with Crippen molar-refractivity contribution >= 4 is 11.9 Å². The number of hydrogen-bond donors (Lipinski definition) is 1. The lowest BCUT2D eigenvalue weighted by Crippen LogP contribution is -2.28. The van der Waals surface area contributed by atoms with Gasteiger partial charge in [-0.25, -0.2) is 0 Å². The van der Waals surface area contributed by atoms with E-state index >= 15 is 0 Å². The maximum absolute atomic E-state index is 12.2. The molecule has 0 radical (unpaired) electrons. The van der Waals surface area contributed by atoms with Crippen LogP contribution < -0.4 is 0 Å². The molecule has 0 aromatic carbocycles. The molecule has 5 heteroatoms. The Morgan fingerprint density at radius 1 is 0.442 bits per heavy atom. The van der Waals surface area contributed by atoms with Crippen LogP contribution in [-0.4, -0.2) is 36.4 Å². The molecule has 0 aromatic heterocycles. The van der Waals surface area contributed by atoms with Crippen molar-refractivity contribution in [1.82, 2.24) is 0 Å². The zero-order valence-electron chi connectivity index (χ0n) is 34.3. The average Bonchev–Trinajstić information content (AvgIpc) is 3.15. The topological polar surface area (TPSA) is 72.8 Å². The van der Waals surface area contributed by atoms with Crippen molar-refractivity contribution in [3.05, 3.63) is 48.6 Å². The number of carbonyl (C=O) groups excluding carboxylic acids is 2. The van der Waals surface area contributed by atoms with Crippen molar-refractivity contribution in [3.63, 3.8) is 0 Å². The second-order valence-electron chi connectivity index (χ2n) is 14.8. The van der Waals surface area contributed by atoms with Gasteiger partial charge in [-0.05, 0) is 57.8 Å². The van der Waals surface area contributed by atoms with E-state index < -0.39 is 6.10 Å². The van der Waals surface area contributed by atoms with Crippen LogP contribution in [-0.2, 0) is 19.1 Å². The van der Waals surface area contributed by atoms with Gasteiger partial charge >= 0.3 is 11.9 Å². The average molecular weight is 729 g/mol. The van der Waals surface area contributed by atoms with Gasteiger partial charge in [0.05, 0.1) is 6.61 Å². The molecule has 0 aliphatic heterocycles. The van der Waals surface area contributed by atoms with Crippen LogP contribution >= 0.6 is 0 Å². The monoisotopic (exact) mass is 729 g/mol. The van der Waals surface area contributed by atoms with Crippen molar-refractivity contribution in [3.8, 4) is 0 Å². The predicted molar refractivity (Wildman–Crippen MR) is 224 cm³/mol. The number of ether oxygens (including phenoxy) is 2. The number of rotatable bonds is 40. The second-order valence-corrected chi connectivity index (χ2v) is 14.8. The van der Waals surface area contributed by atoms with Gasteiger partial charge in [0.25, 0.3) is 0 Å². The largest absolute Gasteiger partial charge is 0.462 e. The van der Waals surface area contributed by atoms with Crippen molar-refractivity contribution in [2.24, 2.45) is 0 Å². The lowest BCUT2D eigenvalue weighted by atomic mass is 10.0. The number of allylic oxidation sites excluding steroid dienone is 8. The van der Waals surface area contributed by atoms with Crippen LogP contribution in [0.25, 0.3) is 0 Å². The highest BCUT2D eigenvalue weighted by Gasteiger charge is 2.16. The molecule has 0 spiro atoms. The molecule has 0 saturated heterocycles. The molecule has 0 aromatic rings. The van der Waals surface area contributed by atoms with Crippen LogP contribution in [0, 0.1) is 0 Å². The Morgan fingerprint density at radius 3 is 1.19 bits per heavy atom. The summed E-state index contributed by atoms with van der Waals surface area (Å²) >= 11 is 0. The first-order valence-corrected chi connectivity index (χ1v) is 22.2. The molecular formula is C47H84O5. The fourth-order valence-electron chi connectivity index (χ4n) is 6.24. The molecule has 0 aliphatic carbocycles. The summed E-state index contributed by atoms with van der Waals surface area (Å²) in [6.07, 6.45) is 54.7. The van der Waals surface area contributed by atoms with E-state index in [9.17, 15) is 14.7 Å². The molecule has 302 valence electrons. The minimum atomic E-state index is -0.787. The van der Waals surface area contributed by atoms with Crippen LogP contribution in [0.1, 0.15) is 219 Å². The summed E-state index contributed by atoms with van der Waals surface area (Å²) in [4.78, 5) is 24.3. The highest BCUT2D eigenvalue weighted by Crippen LogP contribution is 2.15. The molecule has 0 bridgehead atoms. The molecule has 0 amide bonds. The SMILES string of the molecule is CCCCCC=CCC=CCC=CCC=CCCCCCC(=O)OC(CO)COC(=O)CCCCCCCCCCCCCCCCCCCCC. The standard InChI is InChI=1S/C47H84O5/c1-3-5-7-9-11-13-15-17-19-21-23-25-27-29-31-33-35-37-39-41-46(49)51-44-45(43-48)52-47(50)42-40-38-36-34-32-30-28-26-24-22-20-18-16-14-12-10-8-6-4-2/h12,14,18,20,24,26,30,32,45,48H,3-11,13,15-17,19,21-23,25,27-29,31,33-44H2,1-2H3. The highest BCUT2D eigenvalue weighted by molar-refractivity contribution is 5.70. The predicted octanol–water partition coefficient (Wildman–Crippen LogP) is 14.2. The molecule has 1 unspecified atom stereocenters. The minimum absolute atomic E-state index is 0.0771. The summed E-state index contributed by atoms with van der Waals surface area (Å²) in [5.41, 5.74) is 0. The minimum Gasteiger partial charge on any atom is -0.462 e. The van der Waals surface area contributed by atoms with Gasteiger partial charge in [-0.1, -0.05) is 197 Å². The molecule has 0 rings (SSSR count). The fraction of sp³-hybridized carbons (Fsp3) is 0.787. The first kappa shape index (κ1) is 49.9. The number of aliphatic hydroxyl groups excluding tert-OH is 1. The number of esters is 2. The smallest absolute Gasteiger partial charge is 0.306 e. The zero-order valence-corrected chi connectivity index (χ0v) is 34.3. The lowest BCUT2D eigenvalue weighted by Gasteiger charge is -2.15. The Kier molecular flexibility index (Phi) is 41.5. The summed E-state index contributed by atoms with van der Waals surface area (Å²) in [6.45, 7) is 4.10. The van der Waals surface area contributed by atoms with Crippen molar-refractivity contribution < 1.29 is 24.2 Å². The van der Waals surface area contributed by atoms with Gasteiger partial charge in [0, 0.05) is 12.8 Å². The third-order valence-corrected chi connectivity index (χ3v) is 9.63. The van der Waals surface area contributed by atoms with E-state index in [1.807, 2.05) is 0 Å². The van der Waals surface area contributed by atoms with Crippen LogP contribution in [0.2, 0.25) is 0 Å². The summed E-state index contributed by atoms with van der Waals surface area (Å²) in [5, 5.41) is 9.58. The number of carbonyl (C=O) groups is 2. The van der Waals surface area contributed by atoms with Gasteiger partial charge in [0.2, 0.25) is 0 Å². The van der Waals surface area contributed by atoms with Crippen molar-refractivity contribution in [2.75, 3.05) is 13.2 Å². The van der Waals surface area contributed by atoms with E-state index in [0.717, 1.165) is 64.2 Å². The first-order valence-electron chi connectivity index (χ1n) is 22.2. The molecule has 0 aliphatic rings. The third-order valence-electron chi connectivity index (χ3n) is 9.63. The van der Waals surface area contributed by atoms with Crippen LogP contribution in [0.15, 0.2) is 48.6 Å². The molecule has 5 nitrogen and oxygen atoms in total. The number of aliphatic hydroxyl groups is 1. The Bertz CT molecular complexity index is 873. The Balaban J connectivity index is 3.58. The van der Waals surface area contributed by atoms with E-state index in [2.05, 4.69) is 62.5 Å². The van der Waals surface area contributed by atoms with Gasteiger partial charge in [0.1, 0.15) is 6.61 Å². The Morgan fingerprint density at radius 2 is 0.769 bits per heavy atom.